The number of methoxy groups -OCH3 is 1. The van der Waals surface area contributed by atoms with E-state index in [1.165, 1.54) is 38.4 Å². The molecule has 8 nitrogen and oxygen atoms in total. The van der Waals surface area contributed by atoms with Crippen LogP contribution in [0.1, 0.15) is 57.4 Å². The Kier molecular flexibility index (Phi) is 9.06. The molecule has 0 heterocycles. The number of sulfonamides is 1. The molecule has 0 bridgehead atoms. The van der Waals surface area contributed by atoms with Gasteiger partial charge in [0.05, 0.1) is 7.11 Å². The van der Waals surface area contributed by atoms with Crippen LogP contribution in [0.3, 0.4) is 0 Å². The van der Waals surface area contributed by atoms with Crippen LogP contribution in [0.15, 0.2) is 29.2 Å². The summed E-state index contributed by atoms with van der Waals surface area (Å²) >= 11 is 0. The minimum absolute atomic E-state index is 0.0147. The SMILES string of the molecule is CCCCNC(=O)C1(NC(=O)/C=C/c2ccc(OC)c(S(=O)(=O)NC)c2)CCCCC1. The van der Waals surface area contributed by atoms with Gasteiger partial charge in [-0.2, -0.15) is 0 Å². The molecule has 1 fully saturated rings. The molecule has 0 aliphatic heterocycles. The highest BCUT2D eigenvalue weighted by Crippen LogP contribution is 2.29. The number of rotatable bonds is 10. The van der Waals surface area contributed by atoms with E-state index in [2.05, 4.69) is 22.3 Å². The molecule has 1 aliphatic rings. The smallest absolute Gasteiger partial charge is 0.245 e. The van der Waals surface area contributed by atoms with E-state index in [0.717, 1.165) is 32.1 Å². The fourth-order valence-corrected chi connectivity index (χ4v) is 4.61. The zero-order valence-corrected chi connectivity index (χ0v) is 19.3. The summed E-state index contributed by atoms with van der Waals surface area (Å²) in [6, 6.07) is 4.62. The first-order chi connectivity index (χ1) is 14.8. The van der Waals surface area contributed by atoms with Crippen LogP contribution >= 0.6 is 0 Å². The monoisotopic (exact) mass is 451 g/mol. The van der Waals surface area contributed by atoms with E-state index in [-0.39, 0.29) is 22.5 Å². The summed E-state index contributed by atoms with van der Waals surface area (Å²) in [6.45, 7) is 2.65. The molecule has 1 saturated carbocycles. The second kappa shape index (κ2) is 11.3. The zero-order valence-electron chi connectivity index (χ0n) is 18.5. The van der Waals surface area contributed by atoms with Crippen molar-refractivity contribution in [2.24, 2.45) is 0 Å². The van der Waals surface area contributed by atoms with Crippen LogP contribution in [0, 0.1) is 0 Å². The molecule has 0 unspecified atom stereocenters. The maximum Gasteiger partial charge on any atom is 0.245 e. The highest BCUT2D eigenvalue weighted by atomic mass is 32.2. The lowest BCUT2D eigenvalue weighted by Gasteiger charge is -2.36. The molecular weight excluding hydrogens is 418 g/mol. The van der Waals surface area contributed by atoms with Gasteiger partial charge < -0.3 is 15.4 Å². The van der Waals surface area contributed by atoms with Crippen molar-refractivity contribution in [3.8, 4) is 5.75 Å². The predicted molar refractivity (Wildman–Crippen MR) is 120 cm³/mol. The van der Waals surface area contributed by atoms with Crippen LogP contribution in [0.2, 0.25) is 0 Å². The van der Waals surface area contributed by atoms with E-state index in [4.69, 9.17) is 4.74 Å². The predicted octanol–water partition coefficient (Wildman–Crippen LogP) is 2.35. The summed E-state index contributed by atoms with van der Waals surface area (Å²) in [5, 5.41) is 5.87. The number of hydrogen-bond donors (Lipinski definition) is 3. The molecular formula is C22H33N3O5S. The van der Waals surface area contributed by atoms with Crippen molar-refractivity contribution < 1.29 is 22.7 Å². The molecule has 1 aromatic carbocycles. The molecule has 1 aliphatic carbocycles. The first kappa shape index (κ1) is 24.9. The maximum atomic E-state index is 12.8. The maximum absolute atomic E-state index is 12.8. The van der Waals surface area contributed by atoms with Crippen LogP contribution in [0.25, 0.3) is 6.08 Å². The molecule has 0 radical (unpaired) electrons. The highest BCUT2D eigenvalue weighted by Gasteiger charge is 2.40. The fraction of sp³-hybridized carbons (Fsp3) is 0.545. The van der Waals surface area contributed by atoms with Crippen LogP contribution in [0.4, 0.5) is 0 Å². The average molecular weight is 452 g/mol. The van der Waals surface area contributed by atoms with Crippen LogP contribution in [0.5, 0.6) is 5.75 Å². The summed E-state index contributed by atoms with van der Waals surface area (Å²) in [5.74, 6) is -0.309. The lowest BCUT2D eigenvalue weighted by molar-refractivity contribution is -0.133. The van der Waals surface area contributed by atoms with Gasteiger partial charge >= 0.3 is 0 Å². The van der Waals surface area contributed by atoms with E-state index in [1.807, 2.05) is 0 Å². The molecule has 0 aromatic heterocycles. The standard InChI is InChI=1S/C22H33N3O5S/c1-4-5-15-24-21(27)22(13-7-6-8-14-22)25-20(26)12-10-17-9-11-18(30-3)19(16-17)31(28,29)23-2/h9-12,16,23H,4-8,13-15H2,1-3H3,(H,24,27)(H,25,26)/b12-10+. The molecule has 0 atom stereocenters. The summed E-state index contributed by atoms with van der Waals surface area (Å²) in [4.78, 5) is 25.5. The van der Waals surface area contributed by atoms with Gasteiger partial charge in [-0.15, -0.1) is 0 Å². The number of nitrogens with one attached hydrogen (secondary N) is 3. The number of carbonyl (C=O) groups excluding carboxylic acids is 2. The number of ether oxygens (including phenoxy) is 1. The molecule has 3 N–H and O–H groups in total. The second-order valence-corrected chi connectivity index (χ2v) is 9.55. The van der Waals surface area contributed by atoms with E-state index < -0.39 is 15.6 Å². The Morgan fingerprint density at radius 3 is 2.52 bits per heavy atom. The fourth-order valence-electron chi connectivity index (χ4n) is 3.68. The van der Waals surface area contributed by atoms with Gasteiger partial charge in [-0.3, -0.25) is 9.59 Å². The molecule has 172 valence electrons. The van der Waals surface area contributed by atoms with Gasteiger partial charge in [-0.05, 0) is 50.1 Å². The van der Waals surface area contributed by atoms with Gasteiger partial charge in [0.15, 0.2) is 0 Å². The summed E-state index contributed by atoms with van der Waals surface area (Å²) in [6.07, 6.45) is 8.76. The number of benzene rings is 1. The van der Waals surface area contributed by atoms with Crippen molar-refractivity contribution in [1.29, 1.82) is 0 Å². The summed E-state index contributed by atoms with van der Waals surface area (Å²) in [5.41, 5.74) is -0.372. The summed E-state index contributed by atoms with van der Waals surface area (Å²) < 4.78 is 31.8. The lowest BCUT2D eigenvalue weighted by atomic mass is 9.80. The number of carbonyl (C=O) groups is 2. The Bertz CT molecular complexity index is 906. The van der Waals surface area contributed by atoms with Gasteiger partial charge in [0.2, 0.25) is 21.8 Å². The van der Waals surface area contributed by atoms with Crippen molar-refractivity contribution in [3.63, 3.8) is 0 Å². The first-order valence-corrected chi connectivity index (χ1v) is 12.2. The van der Waals surface area contributed by atoms with Gasteiger partial charge in [0, 0.05) is 12.6 Å². The molecule has 2 rings (SSSR count). The highest BCUT2D eigenvalue weighted by molar-refractivity contribution is 7.89. The molecule has 1 aromatic rings. The first-order valence-electron chi connectivity index (χ1n) is 10.7. The van der Waals surface area contributed by atoms with E-state index in [0.29, 0.717) is 24.9 Å². The molecule has 0 saturated heterocycles. The zero-order chi connectivity index (χ0) is 22.9. The van der Waals surface area contributed by atoms with Gasteiger partial charge in [0.25, 0.3) is 0 Å². The molecule has 9 heteroatoms. The largest absolute Gasteiger partial charge is 0.495 e. The second-order valence-electron chi connectivity index (χ2n) is 7.69. The Hall–Kier alpha value is -2.39. The van der Waals surface area contributed by atoms with E-state index in [1.54, 1.807) is 6.07 Å². The van der Waals surface area contributed by atoms with Crippen molar-refractivity contribution in [2.75, 3.05) is 20.7 Å². The van der Waals surface area contributed by atoms with Gasteiger partial charge in [-0.25, -0.2) is 13.1 Å². The Morgan fingerprint density at radius 1 is 1.19 bits per heavy atom. The topological polar surface area (TPSA) is 114 Å². The number of amides is 2. The Balaban J connectivity index is 2.17. The Labute approximate surface area is 184 Å². The molecule has 0 spiro atoms. The van der Waals surface area contributed by atoms with Crippen LogP contribution in [-0.2, 0) is 19.6 Å². The van der Waals surface area contributed by atoms with E-state index >= 15 is 0 Å². The van der Waals surface area contributed by atoms with Gasteiger partial charge in [-0.1, -0.05) is 38.7 Å². The normalized spacial score (nSPS) is 16.1. The van der Waals surface area contributed by atoms with Crippen LogP contribution < -0.4 is 20.1 Å². The van der Waals surface area contributed by atoms with Crippen molar-refractivity contribution >= 4 is 27.9 Å². The van der Waals surface area contributed by atoms with E-state index in [9.17, 15) is 18.0 Å². The van der Waals surface area contributed by atoms with Crippen molar-refractivity contribution in [3.05, 3.63) is 29.8 Å². The third kappa shape index (κ3) is 6.54. The number of unbranched alkanes of at least 4 members (excludes halogenated alkanes) is 1. The molecule has 2 amide bonds. The quantitative estimate of drug-likeness (QED) is 0.373. The van der Waals surface area contributed by atoms with Crippen LogP contribution in [-0.4, -0.2) is 46.5 Å². The third-order valence-electron chi connectivity index (χ3n) is 5.49. The minimum Gasteiger partial charge on any atom is -0.495 e. The lowest BCUT2D eigenvalue weighted by Crippen LogP contribution is -2.59. The molecule has 31 heavy (non-hydrogen) atoms. The summed E-state index contributed by atoms with van der Waals surface area (Å²) in [7, 11) is -1.01. The number of hydrogen-bond acceptors (Lipinski definition) is 5. The van der Waals surface area contributed by atoms with Crippen molar-refractivity contribution in [1.82, 2.24) is 15.4 Å². The minimum atomic E-state index is -3.72. The third-order valence-corrected chi connectivity index (χ3v) is 6.93. The van der Waals surface area contributed by atoms with Gasteiger partial charge in [0.1, 0.15) is 16.2 Å². The average Bonchev–Trinajstić information content (AvgIpc) is 2.78. The Morgan fingerprint density at radius 2 is 1.90 bits per heavy atom. The van der Waals surface area contributed by atoms with Crippen molar-refractivity contribution in [2.45, 2.75) is 62.3 Å².